The molecule has 2 aromatic carbocycles. The number of benzene rings is 2. The molecule has 3 unspecified atom stereocenters. The third kappa shape index (κ3) is 6.21. The summed E-state index contributed by atoms with van der Waals surface area (Å²) in [7, 11) is 0. The zero-order valence-corrected chi connectivity index (χ0v) is 18.3. The Morgan fingerprint density at radius 1 is 0.903 bits per heavy atom. The summed E-state index contributed by atoms with van der Waals surface area (Å²) in [6.07, 6.45) is 4.45. The van der Waals surface area contributed by atoms with Crippen molar-refractivity contribution in [2.24, 2.45) is 11.8 Å². The van der Waals surface area contributed by atoms with Crippen LogP contribution in [0.3, 0.4) is 0 Å². The van der Waals surface area contributed by atoms with E-state index in [1.807, 2.05) is 62.4 Å². The van der Waals surface area contributed by atoms with E-state index in [1.165, 1.54) is 11.8 Å². The number of carbonyl (C=O) groups is 3. The Labute approximate surface area is 186 Å². The van der Waals surface area contributed by atoms with Gasteiger partial charge in [0.2, 0.25) is 11.8 Å². The second-order valence-corrected chi connectivity index (χ2v) is 9.04. The Morgan fingerprint density at radius 2 is 1.45 bits per heavy atom. The summed E-state index contributed by atoms with van der Waals surface area (Å²) < 4.78 is 0. The van der Waals surface area contributed by atoms with Gasteiger partial charge in [0, 0.05) is 16.3 Å². The first kappa shape index (κ1) is 22.6. The van der Waals surface area contributed by atoms with E-state index in [4.69, 9.17) is 0 Å². The highest BCUT2D eigenvalue weighted by Crippen LogP contribution is 2.29. The van der Waals surface area contributed by atoms with Crippen LogP contribution in [0.1, 0.15) is 25.3 Å². The van der Waals surface area contributed by atoms with Crippen molar-refractivity contribution in [1.82, 2.24) is 0 Å². The average molecular weight is 439 g/mol. The molecule has 3 rings (SSSR count). The SMILES string of the molecule is Cc1ccc(NC(=O)C(C)Sc2ccc(NC(=O)C3CC=CCC3C(=O)O)cc2)cc1. The zero-order valence-electron chi connectivity index (χ0n) is 17.5. The third-order valence-corrected chi connectivity index (χ3v) is 6.32. The van der Waals surface area contributed by atoms with Crippen LogP contribution in [-0.4, -0.2) is 28.1 Å². The first-order valence-corrected chi connectivity index (χ1v) is 11.0. The minimum Gasteiger partial charge on any atom is -0.481 e. The van der Waals surface area contributed by atoms with Crippen LogP contribution in [0.15, 0.2) is 65.6 Å². The summed E-state index contributed by atoms with van der Waals surface area (Å²) in [6, 6.07) is 14.8. The number of carbonyl (C=O) groups excluding carboxylic acids is 2. The molecule has 2 aromatic rings. The van der Waals surface area contributed by atoms with Gasteiger partial charge >= 0.3 is 5.97 Å². The number of hydrogen-bond acceptors (Lipinski definition) is 4. The maximum atomic E-state index is 12.6. The van der Waals surface area contributed by atoms with E-state index in [1.54, 1.807) is 12.1 Å². The number of hydrogen-bond donors (Lipinski definition) is 3. The van der Waals surface area contributed by atoms with Crippen LogP contribution in [0.25, 0.3) is 0 Å². The molecular weight excluding hydrogens is 412 g/mol. The Balaban J connectivity index is 1.55. The van der Waals surface area contributed by atoms with Gasteiger partial charge in [-0.05, 0) is 63.1 Å². The quantitative estimate of drug-likeness (QED) is 0.429. The van der Waals surface area contributed by atoms with Crippen LogP contribution >= 0.6 is 11.8 Å². The molecule has 2 amide bonds. The lowest BCUT2D eigenvalue weighted by Gasteiger charge is -2.24. The van der Waals surface area contributed by atoms with Crippen molar-refractivity contribution >= 4 is 40.9 Å². The van der Waals surface area contributed by atoms with Crippen LogP contribution in [-0.2, 0) is 14.4 Å². The number of aliphatic carboxylic acids is 1. The molecule has 7 heteroatoms. The Bertz CT molecular complexity index is 970. The molecule has 0 radical (unpaired) electrons. The van der Waals surface area contributed by atoms with E-state index in [2.05, 4.69) is 10.6 Å². The van der Waals surface area contributed by atoms with Gasteiger partial charge in [-0.15, -0.1) is 11.8 Å². The molecule has 1 aliphatic rings. The zero-order chi connectivity index (χ0) is 22.4. The van der Waals surface area contributed by atoms with Crippen molar-refractivity contribution in [3.05, 3.63) is 66.2 Å². The van der Waals surface area contributed by atoms with E-state index in [0.717, 1.165) is 16.1 Å². The van der Waals surface area contributed by atoms with Crippen molar-refractivity contribution in [1.29, 1.82) is 0 Å². The summed E-state index contributed by atoms with van der Waals surface area (Å²) in [6.45, 7) is 3.83. The molecule has 3 N–H and O–H groups in total. The van der Waals surface area contributed by atoms with Crippen LogP contribution in [0, 0.1) is 18.8 Å². The van der Waals surface area contributed by atoms with E-state index >= 15 is 0 Å². The van der Waals surface area contributed by atoms with Crippen molar-refractivity contribution in [2.75, 3.05) is 10.6 Å². The molecule has 0 spiro atoms. The number of rotatable bonds is 7. The smallest absolute Gasteiger partial charge is 0.307 e. The summed E-state index contributed by atoms with van der Waals surface area (Å²) in [5.74, 6) is -2.61. The maximum absolute atomic E-state index is 12.6. The molecule has 162 valence electrons. The lowest BCUT2D eigenvalue weighted by atomic mass is 9.82. The van der Waals surface area contributed by atoms with Crippen molar-refractivity contribution < 1.29 is 19.5 Å². The Hall–Kier alpha value is -3.06. The van der Waals surface area contributed by atoms with Gasteiger partial charge in [-0.1, -0.05) is 29.8 Å². The van der Waals surface area contributed by atoms with Crippen molar-refractivity contribution in [3.63, 3.8) is 0 Å². The van der Waals surface area contributed by atoms with E-state index < -0.39 is 17.8 Å². The highest BCUT2D eigenvalue weighted by molar-refractivity contribution is 8.00. The normalized spacial score (nSPS) is 18.8. The topological polar surface area (TPSA) is 95.5 Å². The fraction of sp³-hybridized carbons (Fsp3) is 0.292. The highest BCUT2D eigenvalue weighted by Gasteiger charge is 2.33. The first-order chi connectivity index (χ1) is 14.8. The fourth-order valence-electron chi connectivity index (χ4n) is 3.37. The molecule has 0 saturated carbocycles. The van der Waals surface area contributed by atoms with Crippen LogP contribution in [0.4, 0.5) is 11.4 Å². The molecule has 3 atom stereocenters. The standard InChI is InChI=1S/C24H26N2O4S/c1-15-7-9-17(10-8-15)25-22(27)16(2)31-19-13-11-18(12-14-19)26-23(28)20-5-3-4-6-21(20)24(29)30/h3-4,7-14,16,20-21H,5-6H2,1-2H3,(H,25,27)(H,26,28)(H,29,30). The lowest BCUT2D eigenvalue weighted by molar-refractivity contribution is -0.146. The Morgan fingerprint density at radius 3 is 2.06 bits per heavy atom. The van der Waals surface area contributed by atoms with Crippen LogP contribution < -0.4 is 10.6 Å². The van der Waals surface area contributed by atoms with Crippen LogP contribution in [0.5, 0.6) is 0 Å². The van der Waals surface area contributed by atoms with Crippen molar-refractivity contribution in [3.8, 4) is 0 Å². The minimum atomic E-state index is -0.950. The molecule has 0 saturated heterocycles. The fourth-order valence-corrected chi connectivity index (χ4v) is 4.23. The van der Waals surface area contributed by atoms with Gasteiger partial charge in [-0.3, -0.25) is 14.4 Å². The molecule has 0 aliphatic heterocycles. The highest BCUT2D eigenvalue weighted by atomic mass is 32.2. The number of allylic oxidation sites excluding steroid dienone is 2. The molecule has 0 fully saturated rings. The summed E-state index contributed by atoms with van der Waals surface area (Å²) in [4.78, 5) is 37.3. The van der Waals surface area contributed by atoms with E-state index in [-0.39, 0.29) is 17.1 Å². The second-order valence-electron chi connectivity index (χ2n) is 7.62. The van der Waals surface area contributed by atoms with Gasteiger partial charge in [0.15, 0.2) is 0 Å². The molecule has 1 aliphatic carbocycles. The maximum Gasteiger partial charge on any atom is 0.307 e. The number of carboxylic acids is 1. The van der Waals surface area contributed by atoms with Gasteiger partial charge in [0.05, 0.1) is 17.1 Å². The van der Waals surface area contributed by atoms with Gasteiger partial charge < -0.3 is 15.7 Å². The van der Waals surface area contributed by atoms with E-state index in [0.29, 0.717) is 18.5 Å². The number of carboxylic acid groups (broad SMARTS) is 1. The number of nitrogens with one attached hydrogen (secondary N) is 2. The van der Waals surface area contributed by atoms with Gasteiger partial charge in [0.1, 0.15) is 0 Å². The molecule has 6 nitrogen and oxygen atoms in total. The molecular formula is C24H26N2O4S. The molecule has 31 heavy (non-hydrogen) atoms. The van der Waals surface area contributed by atoms with E-state index in [9.17, 15) is 19.5 Å². The predicted molar refractivity (Wildman–Crippen MR) is 123 cm³/mol. The largest absolute Gasteiger partial charge is 0.481 e. The number of thioether (sulfide) groups is 1. The molecule has 0 bridgehead atoms. The minimum absolute atomic E-state index is 0.0868. The number of amides is 2. The lowest BCUT2D eigenvalue weighted by Crippen LogP contribution is -2.34. The first-order valence-electron chi connectivity index (χ1n) is 10.2. The van der Waals surface area contributed by atoms with Gasteiger partial charge in [0.25, 0.3) is 0 Å². The monoisotopic (exact) mass is 438 g/mol. The summed E-state index contributed by atoms with van der Waals surface area (Å²) in [5, 5.41) is 14.8. The average Bonchev–Trinajstić information content (AvgIpc) is 2.76. The molecule has 0 aromatic heterocycles. The predicted octanol–water partition coefficient (Wildman–Crippen LogP) is 4.72. The summed E-state index contributed by atoms with van der Waals surface area (Å²) >= 11 is 1.42. The molecule has 0 heterocycles. The van der Waals surface area contributed by atoms with Gasteiger partial charge in [-0.25, -0.2) is 0 Å². The Kier molecular flexibility index (Phi) is 7.52. The van der Waals surface area contributed by atoms with Crippen LogP contribution in [0.2, 0.25) is 0 Å². The summed E-state index contributed by atoms with van der Waals surface area (Å²) in [5.41, 5.74) is 2.49. The second kappa shape index (κ2) is 10.3. The van der Waals surface area contributed by atoms with Gasteiger partial charge in [-0.2, -0.15) is 0 Å². The third-order valence-electron chi connectivity index (χ3n) is 5.21. The number of aryl methyl sites for hydroxylation is 1. The van der Waals surface area contributed by atoms with Crippen molar-refractivity contribution in [2.45, 2.75) is 36.8 Å². The number of anilines is 2.